The molecular formula is C21H23FN2O2. The van der Waals surface area contributed by atoms with E-state index in [1.165, 1.54) is 12.1 Å². The summed E-state index contributed by atoms with van der Waals surface area (Å²) in [6, 6.07) is 16.1. The van der Waals surface area contributed by atoms with Crippen LogP contribution in [0.1, 0.15) is 24.0 Å². The Hall–Kier alpha value is -2.69. The van der Waals surface area contributed by atoms with Crippen LogP contribution in [0, 0.1) is 11.2 Å². The lowest BCUT2D eigenvalue weighted by Crippen LogP contribution is -2.44. The Morgan fingerprint density at radius 2 is 1.31 bits per heavy atom. The molecule has 0 atom stereocenters. The predicted molar refractivity (Wildman–Crippen MR) is 97.9 cm³/mol. The molecule has 136 valence electrons. The number of benzene rings is 2. The Morgan fingerprint density at radius 1 is 0.808 bits per heavy atom. The van der Waals surface area contributed by atoms with Crippen LogP contribution in [0.2, 0.25) is 0 Å². The molecule has 0 unspecified atom stereocenters. The highest BCUT2D eigenvalue weighted by molar-refractivity contribution is 6.07. The summed E-state index contributed by atoms with van der Waals surface area (Å²) in [7, 11) is 0. The lowest BCUT2D eigenvalue weighted by Gasteiger charge is -2.15. The Kier molecular flexibility index (Phi) is 5.66. The molecule has 0 saturated heterocycles. The van der Waals surface area contributed by atoms with E-state index in [1.54, 1.807) is 12.1 Å². The number of rotatable bonds is 8. The van der Waals surface area contributed by atoms with Gasteiger partial charge in [0.05, 0.1) is 0 Å². The quantitative estimate of drug-likeness (QED) is 0.716. The highest BCUT2D eigenvalue weighted by Gasteiger charge is 2.56. The summed E-state index contributed by atoms with van der Waals surface area (Å²) in [5.74, 6) is -0.675. The summed E-state index contributed by atoms with van der Waals surface area (Å²) >= 11 is 0. The molecule has 3 rings (SSSR count). The van der Waals surface area contributed by atoms with Crippen molar-refractivity contribution in [2.75, 3.05) is 13.1 Å². The summed E-state index contributed by atoms with van der Waals surface area (Å²) in [5.41, 5.74) is 1.20. The largest absolute Gasteiger partial charge is 0.355 e. The number of carbonyl (C=O) groups is 2. The minimum Gasteiger partial charge on any atom is -0.355 e. The van der Waals surface area contributed by atoms with Gasteiger partial charge in [-0.2, -0.15) is 0 Å². The van der Waals surface area contributed by atoms with Crippen molar-refractivity contribution in [3.8, 4) is 0 Å². The summed E-state index contributed by atoms with van der Waals surface area (Å²) in [6.45, 7) is 0.955. The molecule has 1 aliphatic rings. The zero-order valence-electron chi connectivity index (χ0n) is 14.6. The summed E-state index contributed by atoms with van der Waals surface area (Å²) in [6.07, 6.45) is 2.53. The van der Waals surface area contributed by atoms with Gasteiger partial charge in [0, 0.05) is 13.1 Å². The van der Waals surface area contributed by atoms with Crippen molar-refractivity contribution in [2.45, 2.75) is 25.7 Å². The molecule has 2 amide bonds. The molecule has 1 saturated carbocycles. The van der Waals surface area contributed by atoms with Crippen LogP contribution in [-0.2, 0) is 22.4 Å². The van der Waals surface area contributed by atoms with E-state index >= 15 is 0 Å². The van der Waals surface area contributed by atoms with Crippen LogP contribution in [0.25, 0.3) is 0 Å². The van der Waals surface area contributed by atoms with Crippen LogP contribution in [0.5, 0.6) is 0 Å². The maximum atomic E-state index is 12.9. The normalized spacial score (nSPS) is 14.5. The van der Waals surface area contributed by atoms with E-state index in [4.69, 9.17) is 0 Å². The molecule has 4 nitrogen and oxygen atoms in total. The minimum atomic E-state index is -0.903. The van der Waals surface area contributed by atoms with Crippen molar-refractivity contribution in [2.24, 2.45) is 5.41 Å². The monoisotopic (exact) mass is 354 g/mol. The lowest BCUT2D eigenvalue weighted by molar-refractivity contribution is -0.137. The first-order valence-electron chi connectivity index (χ1n) is 8.95. The molecule has 1 fully saturated rings. The maximum Gasteiger partial charge on any atom is 0.235 e. The molecule has 2 aromatic rings. The second-order valence-electron chi connectivity index (χ2n) is 6.71. The molecule has 2 aromatic carbocycles. The molecule has 0 bridgehead atoms. The van der Waals surface area contributed by atoms with Gasteiger partial charge in [-0.3, -0.25) is 9.59 Å². The van der Waals surface area contributed by atoms with E-state index in [9.17, 15) is 14.0 Å². The number of carbonyl (C=O) groups excluding carboxylic acids is 2. The van der Waals surface area contributed by atoms with Gasteiger partial charge in [-0.15, -0.1) is 0 Å². The van der Waals surface area contributed by atoms with Gasteiger partial charge in [0.1, 0.15) is 11.2 Å². The topological polar surface area (TPSA) is 58.2 Å². The highest BCUT2D eigenvalue weighted by atomic mass is 19.1. The van der Waals surface area contributed by atoms with Gasteiger partial charge in [-0.05, 0) is 48.9 Å². The van der Waals surface area contributed by atoms with E-state index in [-0.39, 0.29) is 17.6 Å². The van der Waals surface area contributed by atoms with Gasteiger partial charge in [0.15, 0.2) is 0 Å². The number of hydrogen-bond donors (Lipinski definition) is 2. The van der Waals surface area contributed by atoms with E-state index < -0.39 is 5.41 Å². The van der Waals surface area contributed by atoms with Crippen LogP contribution < -0.4 is 10.6 Å². The van der Waals surface area contributed by atoms with Gasteiger partial charge < -0.3 is 10.6 Å². The third kappa shape index (κ3) is 4.48. The van der Waals surface area contributed by atoms with Gasteiger partial charge in [0.2, 0.25) is 11.8 Å². The van der Waals surface area contributed by atoms with Crippen molar-refractivity contribution < 1.29 is 14.0 Å². The van der Waals surface area contributed by atoms with E-state index in [2.05, 4.69) is 10.6 Å². The SMILES string of the molecule is O=C(NCCc1ccccc1)C1(C(=O)NCCc2ccc(F)cc2)CC1. The summed E-state index contributed by atoms with van der Waals surface area (Å²) in [4.78, 5) is 24.8. The van der Waals surface area contributed by atoms with E-state index in [1.807, 2.05) is 30.3 Å². The Bertz CT molecular complexity index is 755. The first-order chi connectivity index (χ1) is 12.6. The molecule has 0 spiro atoms. The average Bonchev–Trinajstić information content (AvgIpc) is 3.46. The van der Waals surface area contributed by atoms with Gasteiger partial charge in [0.25, 0.3) is 0 Å². The molecule has 0 aliphatic heterocycles. The number of hydrogen-bond acceptors (Lipinski definition) is 2. The second kappa shape index (κ2) is 8.13. The minimum absolute atomic E-state index is 0.187. The van der Waals surface area contributed by atoms with Crippen molar-refractivity contribution >= 4 is 11.8 Å². The number of amides is 2. The van der Waals surface area contributed by atoms with Crippen LogP contribution in [-0.4, -0.2) is 24.9 Å². The third-order valence-electron chi connectivity index (χ3n) is 4.77. The average molecular weight is 354 g/mol. The van der Waals surface area contributed by atoms with Crippen LogP contribution in [0.15, 0.2) is 54.6 Å². The molecule has 0 heterocycles. The fourth-order valence-corrected chi connectivity index (χ4v) is 2.96. The zero-order chi connectivity index (χ0) is 18.4. The summed E-state index contributed by atoms with van der Waals surface area (Å²) < 4.78 is 12.9. The highest BCUT2D eigenvalue weighted by Crippen LogP contribution is 2.46. The van der Waals surface area contributed by atoms with Gasteiger partial charge >= 0.3 is 0 Å². The van der Waals surface area contributed by atoms with Crippen LogP contribution >= 0.6 is 0 Å². The van der Waals surface area contributed by atoms with Gasteiger partial charge in [-0.25, -0.2) is 4.39 Å². The molecular weight excluding hydrogens is 331 g/mol. The molecule has 2 N–H and O–H groups in total. The Morgan fingerprint density at radius 3 is 1.81 bits per heavy atom. The van der Waals surface area contributed by atoms with E-state index in [0.717, 1.165) is 17.5 Å². The smallest absolute Gasteiger partial charge is 0.235 e. The molecule has 1 aliphatic carbocycles. The van der Waals surface area contributed by atoms with Crippen molar-refractivity contribution in [3.05, 3.63) is 71.5 Å². The number of halogens is 1. The Balaban J connectivity index is 1.42. The fraction of sp³-hybridized carbons (Fsp3) is 0.333. The number of nitrogens with one attached hydrogen (secondary N) is 2. The lowest BCUT2D eigenvalue weighted by atomic mass is 10.0. The van der Waals surface area contributed by atoms with E-state index in [0.29, 0.717) is 32.4 Å². The maximum absolute atomic E-state index is 12.9. The first kappa shape index (κ1) is 18.1. The Labute approximate surface area is 152 Å². The predicted octanol–water partition coefficient (Wildman–Crippen LogP) is 2.62. The summed E-state index contributed by atoms with van der Waals surface area (Å²) in [5, 5.41) is 5.73. The van der Waals surface area contributed by atoms with Crippen molar-refractivity contribution in [1.29, 1.82) is 0 Å². The molecule has 0 radical (unpaired) electrons. The van der Waals surface area contributed by atoms with Crippen molar-refractivity contribution in [1.82, 2.24) is 10.6 Å². The first-order valence-corrected chi connectivity index (χ1v) is 8.95. The second-order valence-corrected chi connectivity index (χ2v) is 6.71. The third-order valence-corrected chi connectivity index (χ3v) is 4.77. The van der Waals surface area contributed by atoms with Gasteiger partial charge in [-0.1, -0.05) is 42.5 Å². The molecule has 0 aromatic heterocycles. The van der Waals surface area contributed by atoms with Crippen LogP contribution in [0.4, 0.5) is 4.39 Å². The van der Waals surface area contributed by atoms with Crippen molar-refractivity contribution in [3.63, 3.8) is 0 Å². The molecule has 26 heavy (non-hydrogen) atoms. The fourth-order valence-electron chi connectivity index (χ4n) is 2.96. The standard InChI is InChI=1S/C21H23FN2O2/c22-18-8-6-17(7-9-18)11-15-24-20(26)21(12-13-21)19(25)23-14-10-16-4-2-1-3-5-16/h1-9H,10-15H2,(H,23,25)(H,24,26). The van der Waals surface area contributed by atoms with Crippen LogP contribution in [0.3, 0.4) is 0 Å². The zero-order valence-corrected chi connectivity index (χ0v) is 14.6. The molecule has 5 heteroatoms.